The van der Waals surface area contributed by atoms with Crippen LogP contribution >= 0.6 is 11.6 Å². The first-order valence-corrected chi connectivity index (χ1v) is 15.6. The van der Waals surface area contributed by atoms with Crippen LogP contribution in [-0.4, -0.2) is 44.3 Å². The van der Waals surface area contributed by atoms with Crippen LogP contribution in [0.4, 0.5) is 10.1 Å². The molecule has 0 aromatic heterocycles. The lowest BCUT2D eigenvalue weighted by molar-refractivity contribution is -0.140. The SMILES string of the molecule is CCNC(=O)[C@H](Cc1ccccc1)N(Cc1ccccc1F)C(=O)CN(c1ccc(Cl)cc1C)S(=O)(=O)c1ccccc1. The average molecular weight is 622 g/mol. The smallest absolute Gasteiger partial charge is 0.264 e. The molecule has 2 amide bonds. The first-order valence-electron chi connectivity index (χ1n) is 13.8. The maximum atomic E-state index is 14.9. The van der Waals surface area contributed by atoms with Gasteiger partial charge in [-0.2, -0.15) is 0 Å². The molecule has 0 radical (unpaired) electrons. The van der Waals surface area contributed by atoms with Crippen molar-refractivity contribution >= 4 is 39.1 Å². The van der Waals surface area contributed by atoms with E-state index in [-0.39, 0.29) is 29.1 Å². The second-order valence-electron chi connectivity index (χ2n) is 9.97. The Balaban J connectivity index is 1.82. The third kappa shape index (κ3) is 7.80. The Bertz CT molecular complexity index is 1670. The second kappa shape index (κ2) is 14.3. The molecule has 0 bridgehead atoms. The van der Waals surface area contributed by atoms with Gasteiger partial charge in [-0.1, -0.05) is 78.3 Å². The lowest BCUT2D eigenvalue weighted by Gasteiger charge is -2.34. The minimum atomic E-state index is -4.25. The van der Waals surface area contributed by atoms with Gasteiger partial charge in [0.1, 0.15) is 18.4 Å². The van der Waals surface area contributed by atoms with Gasteiger partial charge >= 0.3 is 0 Å². The quantitative estimate of drug-likeness (QED) is 0.218. The predicted molar refractivity (Wildman–Crippen MR) is 167 cm³/mol. The van der Waals surface area contributed by atoms with Gasteiger partial charge in [0.2, 0.25) is 11.8 Å². The number of aryl methyl sites for hydroxylation is 1. The van der Waals surface area contributed by atoms with Crippen molar-refractivity contribution in [1.29, 1.82) is 0 Å². The van der Waals surface area contributed by atoms with Gasteiger partial charge in [-0.05, 0) is 61.4 Å². The van der Waals surface area contributed by atoms with Crippen molar-refractivity contribution in [3.63, 3.8) is 0 Å². The Morgan fingerprint density at radius 1 is 0.907 bits per heavy atom. The molecule has 4 aromatic rings. The number of sulfonamides is 1. The van der Waals surface area contributed by atoms with Crippen molar-refractivity contribution in [2.75, 3.05) is 17.4 Å². The Labute approximate surface area is 257 Å². The fourth-order valence-electron chi connectivity index (χ4n) is 4.79. The number of rotatable bonds is 12. The summed E-state index contributed by atoms with van der Waals surface area (Å²) in [5.74, 6) is -1.66. The van der Waals surface area contributed by atoms with E-state index >= 15 is 0 Å². The van der Waals surface area contributed by atoms with E-state index in [1.807, 2.05) is 30.3 Å². The Morgan fingerprint density at radius 2 is 1.53 bits per heavy atom. The monoisotopic (exact) mass is 621 g/mol. The molecule has 0 spiro atoms. The van der Waals surface area contributed by atoms with E-state index < -0.39 is 40.2 Å². The number of hydrogen-bond donors (Lipinski definition) is 1. The van der Waals surface area contributed by atoms with Gasteiger partial charge in [-0.15, -0.1) is 0 Å². The van der Waals surface area contributed by atoms with E-state index in [1.165, 1.54) is 41.3 Å². The molecule has 10 heteroatoms. The van der Waals surface area contributed by atoms with Crippen LogP contribution in [0.15, 0.2) is 108 Å². The third-order valence-corrected chi connectivity index (χ3v) is 8.97. The molecule has 0 aliphatic rings. The molecule has 4 rings (SSSR count). The highest BCUT2D eigenvalue weighted by Gasteiger charge is 2.35. The van der Waals surface area contributed by atoms with E-state index in [0.29, 0.717) is 17.1 Å². The van der Waals surface area contributed by atoms with Gasteiger partial charge in [0.25, 0.3) is 10.0 Å². The molecule has 224 valence electrons. The van der Waals surface area contributed by atoms with Crippen molar-refractivity contribution in [3.05, 3.63) is 131 Å². The third-order valence-electron chi connectivity index (χ3n) is 6.96. The van der Waals surface area contributed by atoms with Crippen molar-refractivity contribution in [1.82, 2.24) is 10.2 Å². The standard InChI is InChI=1S/C33H33ClFN3O4S/c1-3-36-33(40)31(21-25-12-6-4-7-13-25)37(22-26-14-10-11-17-29(26)35)32(39)23-38(30-19-18-27(34)20-24(30)2)43(41,42)28-15-8-5-9-16-28/h4-20,31H,3,21-23H2,1-2H3,(H,36,40)/t31-/m0/s1. The second-order valence-corrected chi connectivity index (χ2v) is 12.3. The summed E-state index contributed by atoms with van der Waals surface area (Å²) >= 11 is 6.17. The van der Waals surface area contributed by atoms with Gasteiger partial charge in [0.15, 0.2) is 0 Å². The fraction of sp³-hybridized carbons (Fsp3) is 0.212. The van der Waals surface area contributed by atoms with E-state index in [4.69, 9.17) is 11.6 Å². The van der Waals surface area contributed by atoms with Crippen LogP contribution in [0.3, 0.4) is 0 Å². The molecule has 1 atom stereocenters. The summed E-state index contributed by atoms with van der Waals surface area (Å²) in [6.45, 7) is 2.88. The molecule has 0 saturated carbocycles. The first-order chi connectivity index (χ1) is 20.6. The van der Waals surface area contributed by atoms with Gasteiger partial charge in [0.05, 0.1) is 10.6 Å². The highest BCUT2D eigenvalue weighted by Crippen LogP contribution is 2.29. The van der Waals surface area contributed by atoms with Gasteiger partial charge < -0.3 is 10.2 Å². The zero-order valence-corrected chi connectivity index (χ0v) is 25.5. The topological polar surface area (TPSA) is 86.8 Å². The van der Waals surface area contributed by atoms with Crippen molar-refractivity contribution in [2.45, 2.75) is 37.8 Å². The van der Waals surface area contributed by atoms with E-state index in [2.05, 4.69) is 5.32 Å². The maximum Gasteiger partial charge on any atom is 0.264 e. The molecule has 0 unspecified atom stereocenters. The van der Waals surface area contributed by atoms with Crippen LogP contribution in [0.2, 0.25) is 5.02 Å². The van der Waals surface area contributed by atoms with Crippen molar-refractivity contribution in [3.8, 4) is 0 Å². The average Bonchev–Trinajstić information content (AvgIpc) is 3.00. The summed E-state index contributed by atoms with van der Waals surface area (Å²) in [7, 11) is -4.25. The number of carbonyl (C=O) groups is 2. The number of hydrogen-bond acceptors (Lipinski definition) is 4. The number of halogens is 2. The summed E-state index contributed by atoms with van der Waals surface area (Å²) in [6, 6.07) is 26.6. The highest BCUT2D eigenvalue weighted by molar-refractivity contribution is 7.92. The molecule has 7 nitrogen and oxygen atoms in total. The van der Waals surface area contributed by atoms with Crippen LogP contribution in [0.25, 0.3) is 0 Å². The summed E-state index contributed by atoms with van der Waals surface area (Å²) in [4.78, 5) is 29.1. The number of nitrogens with one attached hydrogen (secondary N) is 1. The lowest BCUT2D eigenvalue weighted by Crippen LogP contribution is -2.53. The minimum absolute atomic E-state index is 0.0117. The Hall–Kier alpha value is -4.21. The largest absolute Gasteiger partial charge is 0.355 e. The van der Waals surface area contributed by atoms with Crippen molar-refractivity contribution < 1.29 is 22.4 Å². The Morgan fingerprint density at radius 3 is 2.16 bits per heavy atom. The molecule has 0 aliphatic heterocycles. The summed E-state index contributed by atoms with van der Waals surface area (Å²) < 4.78 is 44.0. The zero-order chi connectivity index (χ0) is 31.0. The van der Waals surface area contributed by atoms with Crippen molar-refractivity contribution in [2.24, 2.45) is 0 Å². The molecule has 0 fully saturated rings. The molecule has 1 N–H and O–H groups in total. The molecular formula is C33H33ClFN3O4S. The number of carbonyl (C=O) groups excluding carboxylic acids is 2. The van der Waals surface area contributed by atoms with Crippen LogP contribution in [-0.2, 0) is 32.6 Å². The molecule has 0 aliphatic carbocycles. The number of anilines is 1. The normalized spacial score (nSPS) is 11.9. The molecular weight excluding hydrogens is 589 g/mol. The van der Waals surface area contributed by atoms with E-state index in [0.717, 1.165) is 9.87 Å². The predicted octanol–water partition coefficient (Wildman–Crippen LogP) is 5.76. The fourth-order valence-corrected chi connectivity index (χ4v) is 6.51. The first kappa shape index (κ1) is 31.7. The number of benzene rings is 4. The van der Waals surface area contributed by atoms with Crippen LogP contribution in [0.1, 0.15) is 23.6 Å². The molecule has 0 heterocycles. The lowest BCUT2D eigenvalue weighted by atomic mass is 10.0. The van der Waals surface area contributed by atoms with Gasteiger partial charge in [-0.3, -0.25) is 13.9 Å². The van der Waals surface area contributed by atoms with Gasteiger partial charge in [0, 0.05) is 30.1 Å². The molecule has 43 heavy (non-hydrogen) atoms. The Kier molecular flexibility index (Phi) is 10.6. The minimum Gasteiger partial charge on any atom is -0.355 e. The summed E-state index contributed by atoms with van der Waals surface area (Å²) in [5.41, 5.74) is 1.76. The molecule has 4 aromatic carbocycles. The summed E-state index contributed by atoms with van der Waals surface area (Å²) in [6.07, 6.45) is 0.137. The highest BCUT2D eigenvalue weighted by atomic mass is 35.5. The number of amides is 2. The zero-order valence-electron chi connectivity index (χ0n) is 23.9. The molecule has 0 saturated heterocycles. The van der Waals surface area contributed by atoms with Crippen LogP contribution in [0.5, 0.6) is 0 Å². The van der Waals surface area contributed by atoms with E-state index in [1.54, 1.807) is 50.2 Å². The van der Waals surface area contributed by atoms with Gasteiger partial charge in [-0.25, -0.2) is 12.8 Å². The van der Waals surface area contributed by atoms with Crippen LogP contribution < -0.4 is 9.62 Å². The number of likely N-dealkylation sites (N-methyl/N-ethyl adjacent to an activating group) is 1. The van der Waals surface area contributed by atoms with E-state index in [9.17, 15) is 22.4 Å². The maximum absolute atomic E-state index is 14.9. The van der Waals surface area contributed by atoms with Crippen LogP contribution in [0, 0.1) is 12.7 Å². The number of nitrogens with zero attached hydrogens (tertiary/aromatic N) is 2. The summed E-state index contributed by atoms with van der Waals surface area (Å²) in [5, 5.41) is 3.19.